The Labute approximate surface area is 174 Å². The van der Waals surface area contributed by atoms with Gasteiger partial charge >= 0.3 is 0 Å². The number of carbonyl (C=O) groups excluding carboxylic acids is 4. The summed E-state index contributed by atoms with van der Waals surface area (Å²) in [5, 5.41) is 9.36. The molecule has 3 aliphatic heterocycles. The van der Waals surface area contributed by atoms with Crippen molar-refractivity contribution in [1.82, 2.24) is 15.5 Å². The largest absolute Gasteiger partial charge is 0.384 e. The van der Waals surface area contributed by atoms with E-state index in [1.54, 1.807) is 12.1 Å². The van der Waals surface area contributed by atoms with Gasteiger partial charge in [-0.05, 0) is 50.4 Å². The lowest BCUT2D eigenvalue weighted by molar-refractivity contribution is -0.136. The fourth-order valence-electron chi connectivity index (χ4n) is 5.58. The van der Waals surface area contributed by atoms with Crippen LogP contribution in [0.4, 0.5) is 5.69 Å². The normalized spacial score (nSPS) is 30.9. The zero-order valence-electron chi connectivity index (χ0n) is 16.8. The van der Waals surface area contributed by atoms with Crippen molar-refractivity contribution in [3.8, 4) is 0 Å². The van der Waals surface area contributed by atoms with Crippen molar-refractivity contribution < 1.29 is 19.2 Å². The summed E-state index contributed by atoms with van der Waals surface area (Å²) < 4.78 is 0. The van der Waals surface area contributed by atoms with Gasteiger partial charge < -0.3 is 10.6 Å². The van der Waals surface area contributed by atoms with Gasteiger partial charge in [0.2, 0.25) is 11.8 Å². The van der Waals surface area contributed by atoms with Crippen LogP contribution in [0.3, 0.4) is 0 Å². The number of fused-ring (bicyclic) bond motifs is 2. The van der Waals surface area contributed by atoms with E-state index in [9.17, 15) is 19.2 Å². The molecule has 3 atom stereocenters. The molecule has 3 fully saturated rings. The van der Waals surface area contributed by atoms with Crippen LogP contribution < -0.4 is 16.0 Å². The van der Waals surface area contributed by atoms with E-state index in [-0.39, 0.29) is 24.2 Å². The van der Waals surface area contributed by atoms with Gasteiger partial charge in [0.25, 0.3) is 11.8 Å². The van der Waals surface area contributed by atoms with Crippen LogP contribution in [-0.2, 0) is 9.59 Å². The van der Waals surface area contributed by atoms with Crippen LogP contribution in [0.1, 0.15) is 65.7 Å². The second kappa shape index (κ2) is 7.19. The van der Waals surface area contributed by atoms with Crippen molar-refractivity contribution in [2.24, 2.45) is 5.41 Å². The van der Waals surface area contributed by atoms with Crippen molar-refractivity contribution in [2.45, 2.75) is 57.0 Å². The summed E-state index contributed by atoms with van der Waals surface area (Å²) in [5.41, 5.74) is 1.68. The molecule has 8 nitrogen and oxygen atoms in total. The number of benzene rings is 1. The molecular weight excluding hydrogens is 384 g/mol. The van der Waals surface area contributed by atoms with Gasteiger partial charge in [0.15, 0.2) is 0 Å². The van der Waals surface area contributed by atoms with Gasteiger partial charge in [-0.15, -0.1) is 0 Å². The average Bonchev–Trinajstić information content (AvgIpc) is 3.27. The van der Waals surface area contributed by atoms with Crippen molar-refractivity contribution >= 4 is 29.3 Å². The van der Waals surface area contributed by atoms with Crippen molar-refractivity contribution in [3.05, 3.63) is 29.3 Å². The van der Waals surface area contributed by atoms with Gasteiger partial charge in [-0.3, -0.25) is 29.4 Å². The molecule has 4 aliphatic rings. The molecular formula is C22H26N4O4. The molecule has 1 saturated carbocycles. The molecule has 5 rings (SSSR count). The van der Waals surface area contributed by atoms with Crippen LogP contribution in [-0.4, -0.2) is 53.7 Å². The molecule has 0 bridgehead atoms. The summed E-state index contributed by atoms with van der Waals surface area (Å²) in [6.07, 6.45) is 6.36. The average molecular weight is 410 g/mol. The lowest BCUT2D eigenvalue weighted by atomic mass is 9.70. The number of amides is 4. The van der Waals surface area contributed by atoms with Crippen molar-refractivity contribution in [3.63, 3.8) is 0 Å². The topological polar surface area (TPSA) is 108 Å². The highest BCUT2D eigenvalue weighted by atomic mass is 16.2. The van der Waals surface area contributed by atoms with Crippen molar-refractivity contribution in [1.29, 1.82) is 0 Å². The number of rotatable bonds is 4. The molecule has 1 aromatic rings. The van der Waals surface area contributed by atoms with Gasteiger partial charge in [0, 0.05) is 30.1 Å². The Morgan fingerprint density at radius 1 is 1.03 bits per heavy atom. The molecule has 158 valence electrons. The summed E-state index contributed by atoms with van der Waals surface area (Å²) >= 11 is 0. The van der Waals surface area contributed by atoms with Crippen LogP contribution in [0, 0.1) is 5.41 Å². The molecule has 3 unspecified atom stereocenters. The van der Waals surface area contributed by atoms with E-state index in [1.807, 2.05) is 6.07 Å². The quantitative estimate of drug-likeness (QED) is 0.648. The lowest BCUT2D eigenvalue weighted by Gasteiger charge is -2.39. The van der Waals surface area contributed by atoms with E-state index in [2.05, 4.69) is 16.0 Å². The number of hydrogen-bond acceptors (Lipinski definition) is 6. The number of hydrogen-bond donors (Lipinski definition) is 3. The molecule has 0 radical (unpaired) electrons. The minimum Gasteiger partial charge on any atom is -0.384 e. The fourth-order valence-corrected chi connectivity index (χ4v) is 5.58. The van der Waals surface area contributed by atoms with E-state index in [0.29, 0.717) is 17.2 Å². The second-order valence-corrected chi connectivity index (χ2v) is 8.93. The highest BCUT2D eigenvalue weighted by Crippen LogP contribution is 2.43. The summed E-state index contributed by atoms with van der Waals surface area (Å²) in [6.45, 7) is 1.88. The molecule has 2 saturated heterocycles. The predicted molar refractivity (Wildman–Crippen MR) is 109 cm³/mol. The van der Waals surface area contributed by atoms with Gasteiger partial charge in [0.1, 0.15) is 6.04 Å². The third-order valence-corrected chi connectivity index (χ3v) is 7.25. The Kier molecular flexibility index (Phi) is 4.61. The molecule has 0 spiro atoms. The fraction of sp³-hybridized carbons (Fsp3) is 0.545. The molecule has 30 heavy (non-hydrogen) atoms. The summed E-state index contributed by atoms with van der Waals surface area (Å²) in [5.74, 6) is -1.90. The highest BCUT2D eigenvalue weighted by Gasteiger charge is 2.45. The van der Waals surface area contributed by atoms with Crippen molar-refractivity contribution in [2.75, 3.05) is 18.4 Å². The predicted octanol–water partition coefficient (Wildman–Crippen LogP) is 1.42. The number of nitrogens with one attached hydrogen (secondary N) is 3. The minimum absolute atomic E-state index is 0.119. The molecule has 0 aromatic heterocycles. The zero-order valence-corrected chi connectivity index (χ0v) is 16.8. The van der Waals surface area contributed by atoms with E-state index < -0.39 is 23.8 Å². The van der Waals surface area contributed by atoms with E-state index in [0.717, 1.165) is 30.1 Å². The minimum atomic E-state index is -0.932. The van der Waals surface area contributed by atoms with Gasteiger partial charge in [0.05, 0.1) is 11.1 Å². The summed E-state index contributed by atoms with van der Waals surface area (Å²) in [4.78, 5) is 50.4. The lowest BCUT2D eigenvalue weighted by Crippen LogP contribution is -2.54. The third kappa shape index (κ3) is 3.01. The first-order valence-electron chi connectivity index (χ1n) is 10.8. The second-order valence-electron chi connectivity index (χ2n) is 8.93. The Hall–Kier alpha value is -2.74. The zero-order chi connectivity index (χ0) is 20.9. The SMILES string of the molecule is O=C1CCC(N2C(=O)c3ccc(NCC45CCCCC4NCC5)cc3C2=O)C(=O)N1. The molecule has 1 aliphatic carbocycles. The highest BCUT2D eigenvalue weighted by molar-refractivity contribution is 6.23. The number of piperidine rings is 1. The Balaban J connectivity index is 1.34. The standard InChI is InChI=1S/C22H26N4O4/c27-18-7-6-16(19(28)25-18)26-20(29)14-5-4-13(11-15(14)21(26)30)24-12-22-8-2-1-3-17(22)23-10-9-22/h4-5,11,16-17,23-24H,1-3,6-10,12H2,(H,25,27,28). The molecule has 4 amide bonds. The van der Waals surface area contributed by atoms with Gasteiger partial charge in [-0.2, -0.15) is 0 Å². The summed E-state index contributed by atoms with van der Waals surface area (Å²) in [7, 11) is 0. The monoisotopic (exact) mass is 410 g/mol. The maximum atomic E-state index is 13.0. The number of anilines is 1. The Morgan fingerprint density at radius 2 is 1.87 bits per heavy atom. The van der Waals surface area contributed by atoms with Crippen LogP contribution in [0.15, 0.2) is 18.2 Å². The van der Waals surface area contributed by atoms with Crippen LogP contribution in [0.2, 0.25) is 0 Å². The molecule has 1 aromatic carbocycles. The maximum Gasteiger partial charge on any atom is 0.262 e. The Morgan fingerprint density at radius 3 is 2.70 bits per heavy atom. The van der Waals surface area contributed by atoms with Crippen LogP contribution >= 0.6 is 0 Å². The number of imide groups is 2. The first-order valence-corrected chi connectivity index (χ1v) is 10.8. The smallest absolute Gasteiger partial charge is 0.262 e. The first-order chi connectivity index (χ1) is 14.5. The Bertz CT molecular complexity index is 945. The number of nitrogens with zero attached hydrogens (tertiary/aromatic N) is 1. The van der Waals surface area contributed by atoms with Crippen LogP contribution in [0.25, 0.3) is 0 Å². The summed E-state index contributed by atoms with van der Waals surface area (Å²) in [6, 6.07) is 4.82. The molecule has 3 heterocycles. The van der Waals surface area contributed by atoms with E-state index in [4.69, 9.17) is 0 Å². The van der Waals surface area contributed by atoms with Gasteiger partial charge in [-0.1, -0.05) is 12.8 Å². The maximum absolute atomic E-state index is 13.0. The van der Waals surface area contributed by atoms with E-state index in [1.165, 1.54) is 25.7 Å². The molecule has 8 heteroatoms. The van der Waals surface area contributed by atoms with Crippen LogP contribution in [0.5, 0.6) is 0 Å². The molecule has 3 N–H and O–H groups in total. The number of carbonyl (C=O) groups is 4. The third-order valence-electron chi connectivity index (χ3n) is 7.25. The van der Waals surface area contributed by atoms with E-state index >= 15 is 0 Å². The first kappa shape index (κ1) is 19.2. The van der Waals surface area contributed by atoms with Gasteiger partial charge in [-0.25, -0.2) is 0 Å².